The van der Waals surface area contributed by atoms with Crippen molar-refractivity contribution in [1.29, 1.82) is 5.26 Å². The summed E-state index contributed by atoms with van der Waals surface area (Å²) >= 11 is 0. The third-order valence-corrected chi connectivity index (χ3v) is 9.51. The first kappa shape index (κ1) is 20.8. The van der Waals surface area contributed by atoms with Gasteiger partial charge in [0.05, 0.1) is 24.1 Å². The molecule has 5 heteroatoms. The molecule has 0 spiro atoms. The molecule has 0 radical (unpaired) electrons. The smallest absolute Gasteiger partial charge is 0.309 e. The SMILES string of the molecule is C[C@]12CCC3=C4CCC(=NO)C=C4CCC3C1CC[C@]2(CC#N)OC(=O)C1CCCC1. The molecule has 5 aliphatic rings. The van der Waals surface area contributed by atoms with Crippen molar-refractivity contribution in [3.8, 4) is 6.07 Å². The van der Waals surface area contributed by atoms with Crippen LogP contribution in [-0.4, -0.2) is 22.5 Å². The van der Waals surface area contributed by atoms with Crippen LogP contribution >= 0.6 is 0 Å². The van der Waals surface area contributed by atoms with Crippen molar-refractivity contribution in [2.24, 2.45) is 28.3 Å². The third kappa shape index (κ3) is 3.17. The maximum atomic E-state index is 13.0. The summed E-state index contributed by atoms with van der Waals surface area (Å²) in [7, 11) is 0. The quantitative estimate of drug-likeness (QED) is 0.352. The molecule has 1 N–H and O–H groups in total. The van der Waals surface area contributed by atoms with Gasteiger partial charge in [0.15, 0.2) is 0 Å². The summed E-state index contributed by atoms with van der Waals surface area (Å²) < 4.78 is 6.38. The predicted octanol–water partition coefficient (Wildman–Crippen LogP) is 5.84. The Bertz CT molecular complexity index is 904. The Hall–Kier alpha value is -2.09. The molecule has 5 aliphatic carbocycles. The zero-order chi connectivity index (χ0) is 21.6. The fourth-order valence-electron chi connectivity index (χ4n) is 7.77. The molecular weight excluding hydrogens is 388 g/mol. The Morgan fingerprint density at radius 2 is 2.00 bits per heavy atom. The highest BCUT2D eigenvalue weighted by molar-refractivity contribution is 5.97. The van der Waals surface area contributed by atoms with Crippen molar-refractivity contribution in [1.82, 2.24) is 0 Å². The first-order valence-electron chi connectivity index (χ1n) is 12.2. The van der Waals surface area contributed by atoms with Crippen molar-refractivity contribution in [2.45, 2.75) is 96.0 Å². The minimum Gasteiger partial charge on any atom is -0.457 e. The summed E-state index contributed by atoms with van der Waals surface area (Å²) in [6, 6.07) is 2.40. The van der Waals surface area contributed by atoms with E-state index in [2.05, 4.69) is 24.2 Å². The minimum atomic E-state index is -0.623. The van der Waals surface area contributed by atoms with Crippen LogP contribution in [-0.2, 0) is 9.53 Å². The monoisotopic (exact) mass is 422 g/mol. The number of carbonyl (C=O) groups excluding carboxylic acids is 1. The van der Waals surface area contributed by atoms with E-state index >= 15 is 0 Å². The minimum absolute atomic E-state index is 0.0338. The van der Waals surface area contributed by atoms with E-state index in [-0.39, 0.29) is 17.3 Å². The van der Waals surface area contributed by atoms with Crippen LogP contribution in [0.4, 0.5) is 0 Å². The van der Waals surface area contributed by atoms with Gasteiger partial charge in [-0.25, -0.2) is 0 Å². The molecule has 0 heterocycles. The number of hydrogen-bond donors (Lipinski definition) is 1. The highest BCUT2D eigenvalue weighted by Crippen LogP contribution is 2.65. The predicted molar refractivity (Wildman–Crippen MR) is 117 cm³/mol. The van der Waals surface area contributed by atoms with Gasteiger partial charge in [-0.2, -0.15) is 5.26 Å². The Balaban J connectivity index is 1.45. The lowest BCUT2D eigenvalue weighted by Gasteiger charge is -2.52. The molecule has 31 heavy (non-hydrogen) atoms. The molecule has 3 fully saturated rings. The van der Waals surface area contributed by atoms with Gasteiger partial charge in [-0.3, -0.25) is 4.79 Å². The topological polar surface area (TPSA) is 82.7 Å². The Morgan fingerprint density at radius 3 is 2.74 bits per heavy atom. The molecule has 166 valence electrons. The summed E-state index contributed by atoms with van der Waals surface area (Å²) in [5.41, 5.74) is 4.52. The maximum Gasteiger partial charge on any atom is 0.309 e. The lowest BCUT2D eigenvalue weighted by molar-refractivity contribution is -0.181. The number of nitrogens with zero attached hydrogens (tertiary/aromatic N) is 2. The first-order valence-corrected chi connectivity index (χ1v) is 12.2. The van der Waals surface area contributed by atoms with Crippen LogP contribution in [0.25, 0.3) is 0 Å². The second-order valence-corrected chi connectivity index (χ2v) is 10.7. The lowest BCUT2D eigenvalue weighted by atomic mass is 9.54. The number of esters is 1. The first-order chi connectivity index (χ1) is 15.0. The van der Waals surface area contributed by atoms with Crippen molar-refractivity contribution in [2.75, 3.05) is 0 Å². The zero-order valence-corrected chi connectivity index (χ0v) is 18.7. The number of ether oxygens (including phenoxy) is 1. The summed E-state index contributed by atoms with van der Waals surface area (Å²) in [4.78, 5) is 13.0. The Kier molecular flexibility index (Phi) is 5.23. The number of allylic oxidation sites excluding steroid dienone is 4. The van der Waals surface area contributed by atoms with Crippen molar-refractivity contribution >= 4 is 11.7 Å². The summed E-state index contributed by atoms with van der Waals surface area (Å²) in [5, 5.41) is 22.4. The van der Waals surface area contributed by atoms with E-state index in [9.17, 15) is 15.3 Å². The Morgan fingerprint density at radius 1 is 1.19 bits per heavy atom. The molecule has 3 saturated carbocycles. The van der Waals surface area contributed by atoms with Gasteiger partial charge in [0.25, 0.3) is 0 Å². The third-order valence-electron chi connectivity index (χ3n) is 9.51. The second kappa shape index (κ2) is 7.80. The average Bonchev–Trinajstić information content (AvgIpc) is 3.41. The fraction of sp³-hybridized carbons (Fsp3) is 0.731. The van der Waals surface area contributed by atoms with E-state index in [1.807, 2.05) is 0 Å². The van der Waals surface area contributed by atoms with Gasteiger partial charge in [-0.15, -0.1) is 0 Å². The molecule has 0 aromatic rings. The van der Waals surface area contributed by atoms with Crippen LogP contribution in [0, 0.1) is 34.5 Å². The van der Waals surface area contributed by atoms with Gasteiger partial charge in [0, 0.05) is 5.41 Å². The zero-order valence-electron chi connectivity index (χ0n) is 18.7. The molecule has 0 amide bonds. The van der Waals surface area contributed by atoms with Gasteiger partial charge in [-0.1, -0.05) is 30.5 Å². The van der Waals surface area contributed by atoms with E-state index < -0.39 is 5.60 Å². The average molecular weight is 423 g/mol. The molecule has 2 unspecified atom stereocenters. The van der Waals surface area contributed by atoms with Gasteiger partial charge in [0.1, 0.15) is 5.60 Å². The van der Waals surface area contributed by atoms with E-state index in [1.165, 1.54) is 11.1 Å². The summed E-state index contributed by atoms with van der Waals surface area (Å²) in [6.45, 7) is 2.31. The maximum absolute atomic E-state index is 13.0. The van der Waals surface area contributed by atoms with Gasteiger partial charge >= 0.3 is 5.97 Å². The van der Waals surface area contributed by atoms with E-state index in [0.29, 0.717) is 18.3 Å². The number of fused-ring (bicyclic) bond motifs is 4. The van der Waals surface area contributed by atoms with Gasteiger partial charge in [0.2, 0.25) is 0 Å². The van der Waals surface area contributed by atoms with Crippen molar-refractivity contribution in [3.05, 3.63) is 22.8 Å². The Labute approximate surface area is 185 Å². The summed E-state index contributed by atoms with van der Waals surface area (Å²) in [6.07, 6.45) is 14.3. The van der Waals surface area contributed by atoms with Crippen LogP contribution in [0.15, 0.2) is 28.0 Å². The van der Waals surface area contributed by atoms with E-state index in [4.69, 9.17) is 4.74 Å². The van der Waals surface area contributed by atoms with Crippen LogP contribution in [0.1, 0.15) is 90.4 Å². The van der Waals surface area contributed by atoms with Crippen LogP contribution in [0.2, 0.25) is 0 Å². The van der Waals surface area contributed by atoms with Gasteiger partial charge < -0.3 is 9.94 Å². The fourth-order valence-corrected chi connectivity index (χ4v) is 7.77. The molecule has 5 nitrogen and oxygen atoms in total. The normalized spacial score (nSPS) is 38.8. The summed E-state index contributed by atoms with van der Waals surface area (Å²) in [5.74, 6) is 0.995. The lowest BCUT2D eigenvalue weighted by Crippen LogP contribution is -2.52. The molecule has 0 saturated heterocycles. The van der Waals surface area contributed by atoms with Crippen LogP contribution in [0.3, 0.4) is 0 Å². The largest absolute Gasteiger partial charge is 0.457 e. The molecule has 0 aliphatic heterocycles. The molecule has 0 aromatic heterocycles. The number of nitriles is 1. The van der Waals surface area contributed by atoms with Crippen molar-refractivity contribution in [3.63, 3.8) is 0 Å². The number of carbonyl (C=O) groups is 1. The van der Waals surface area contributed by atoms with Crippen LogP contribution < -0.4 is 0 Å². The molecule has 4 atom stereocenters. The molecule has 0 bridgehead atoms. The number of hydrogen-bond acceptors (Lipinski definition) is 5. The molecule has 5 rings (SSSR count). The number of oxime groups is 1. The van der Waals surface area contributed by atoms with Gasteiger partial charge in [-0.05, 0) is 93.3 Å². The van der Waals surface area contributed by atoms with E-state index in [1.54, 1.807) is 5.57 Å². The molecular formula is C26H34N2O3. The standard InChI is InChI=1S/C26H34N2O3/c1-25-12-10-21-20-9-7-19(28-30)16-18(20)6-8-22(21)23(25)11-13-26(25,14-15-27)31-24(29)17-4-2-3-5-17/h16-17,22-23,30H,2-14H2,1H3/t22?,23?,25-,26+/m0/s1. The van der Waals surface area contributed by atoms with Crippen LogP contribution in [0.5, 0.6) is 0 Å². The van der Waals surface area contributed by atoms with Crippen molar-refractivity contribution < 1.29 is 14.7 Å². The highest BCUT2D eigenvalue weighted by atomic mass is 16.6. The second-order valence-electron chi connectivity index (χ2n) is 10.7. The highest BCUT2D eigenvalue weighted by Gasteiger charge is 2.63. The van der Waals surface area contributed by atoms with E-state index in [0.717, 1.165) is 82.8 Å². The number of rotatable bonds is 3. The molecule has 0 aromatic carbocycles.